The van der Waals surface area contributed by atoms with Gasteiger partial charge in [0.2, 0.25) is 5.56 Å². The highest BCUT2D eigenvalue weighted by molar-refractivity contribution is 5.84. The molecule has 3 rings (SSSR count). The van der Waals surface area contributed by atoms with Crippen molar-refractivity contribution in [1.82, 2.24) is 15.2 Å². The molecule has 1 aromatic rings. The molecule has 0 radical (unpaired) electrons. The number of amidine groups is 1. The SMILES string of the molecule is CN=C(CN1CC=C(c2cccc(=O)[nH]2)CC1)NC[C@@H]1CCO1. The lowest BCUT2D eigenvalue weighted by Gasteiger charge is -2.29. The predicted octanol–water partition coefficient (Wildman–Crippen LogP) is 0.871. The van der Waals surface area contributed by atoms with Crippen molar-refractivity contribution < 1.29 is 4.74 Å². The Kier molecular flexibility index (Phi) is 5.25. The number of hydrogen-bond acceptors (Lipinski definition) is 4. The summed E-state index contributed by atoms with van der Waals surface area (Å²) in [5, 5.41) is 3.38. The van der Waals surface area contributed by atoms with Gasteiger partial charge < -0.3 is 15.0 Å². The van der Waals surface area contributed by atoms with Crippen LogP contribution in [0.15, 0.2) is 34.1 Å². The molecule has 0 aromatic carbocycles. The summed E-state index contributed by atoms with van der Waals surface area (Å²) in [6.45, 7) is 4.37. The zero-order chi connectivity index (χ0) is 16.1. The molecule has 6 nitrogen and oxygen atoms in total. The summed E-state index contributed by atoms with van der Waals surface area (Å²) in [6.07, 6.45) is 4.60. The highest BCUT2D eigenvalue weighted by Gasteiger charge is 2.19. The van der Waals surface area contributed by atoms with Crippen LogP contribution in [-0.4, -0.2) is 61.7 Å². The van der Waals surface area contributed by atoms with E-state index in [0.717, 1.165) is 57.2 Å². The third kappa shape index (κ3) is 4.30. The van der Waals surface area contributed by atoms with Crippen molar-refractivity contribution in [3.63, 3.8) is 0 Å². The smallest absolute Gasteiger partial charge is 0.248 e. The zero-order valence-electron chi connectivity index (χ0n) is 13.5. The molecule has 0 saturated carbocycles. The van der Waals surface area contributed by atoms with Crippen molar-refractivity contribution in [3.8, 4) is 0 Å². The number of pyridine rings is 1. The molecule has 23 heavy (non-hydrogen) atoms. The fraction of sp³-hybridized carbons (Fsp3) is 0.529. The van der Waals surface area contributed by atoms with E-state index < -0.39 is 0 Å². The third-order valence-electron chi connectivity index (χ3n) is 4.38. The molecule has 0 spiro atoms. The monoisotopic (exact) mass is 316 g/mol. The second-order valence-electron chi connectivity index (χ2n) is 5.98. The number of H-pyrrole nitrogens is 1. The molecular weight excluding hydrogens is 292 g/mol. The van der Waals surface area contributed by atoms with E-state index in [2.05, 4.69) is 26.3 Å². The molecule has 0 unspecified atom stereocenters. The summed E-state index contributed by atoms with van der Waals surface area (Å²) in [4.78, 5) is 21.0. The molecular formula is C17H24N4O2. The van der Waals surface area contributed by atoms with Gasteiger partial charge in [0, 0.05) is 45.0 Å². The first-order valence-electron chi connectivity index (χ1n) is 8.17. The summed E-state index contributed by atoms with van der Waals surface area (Å²) in [5.41, 5.74) is 2.10. The molecule has 2 aliphatic heterocycles. The molecule has 2 N–H and O–H groups in total. The Hall–Kier alpha value is -1.92. The minimum Gasteiger partial charge on any atom is -0.376 e. The molecule has 0 amide bonds. The van der Waals surface area contributed by atoms with Crippen molar-refractivity contribution in [2.45, 2.75) is 18.9 Å². The quantitative estimate of drug-likeness (QED) is 0.625. The number of aromatic nitrogens is 1. The normalized spacial score (nSPS) is 22.4. The van der Waals surface area contributed by atoms with Crippen LogP contribution < -0.4 is 10.9 Å². The first-order valence-corrected chi connectivity index (χ1v) is 8.17. The number of ether oxygens (including phenoxy) is 1. The van der Waals surface area contributed by atoms with Gasteiger partial charge in [-0.25, -0.2) is 0 Å². The Morgan fingerprint density at radius 2 is 2.39 bits per heavy atom. The lowest BCUT2D eigenvalue weighted by atomic mass is 10.0. The molecule has 0 aliphatic carbocycles. The maximum Gasteiger partial charge on any atom is 0.248 e. The summed E-state index contributed by atoms with van der Waals surface area (Å²) < 4.78 is 5.42. The number of nitrogens with zero attached hydrogens (tertiary/aromatic N) is 2. The summed E-state index contributed by atoms with van der Waals surface area (Å²) in [7, 11) is 1.82. The van der Waals surface area contributed by atoms with Crippen LogP contribution in [-0.2, 0) is 4.74 Å². The molecule has 2 aliphatic rings. The van der Waals surface area contributed by atoms with Gasteiger partial charge in [-0.1, -0.05) is 12.1 Å². The summed E-state index contributed by atoms with van der Waals surface area (Å²) in [5.74, 6) is 1.01. The highest BCUT2D eigenvalue weighted by atomic mass is 16.5. The van der Waals surface area contributed by atoms with Gasteiger partial charge in [0.25, 0.3) is 0 Å². The van der Waals surface area contributed by atoms with E-state index in [0.29, 0.717) is 6.10 Å². The summed E-state index contributed by atoms with van der Waals surface area (Å²) >= 11 is 0. The van der Waals surface area contributed by atoms with E-state index in [1.807, 2.05) is 13.1 Å². The molecule has 1 saturated heterocycles. The first-order chi connectivity index (χ1) is 11.2. The molecule has 3 heterocycles. The van der Waals surface area contributed by atoms with Crippen molar-refractivity contribution in [1.29, 1.82) is 0 Å². The van der Waals surface area contributed by atoms with Crippen LogP contribution in [0.5, 0.6) is 0 Å². The largest absolute Gasteiger partial charge is 0.376 e. The molecule has 1 atom stereocenters. The Labute approximate surface area is 136 Å². The minimum atomic E-state index is -0.0476. The molecule has 1 aromatic heterocycles. The Morgan fingerprint density at radius 3 is 3.00 bits per heavy atom. The molecule has 6 heteroatoms. The lowest BCUT2D eigenvalue weighted by Crippen LogP contribution is -2.44. The molecule has 124 valence electrons. The van der Waals surface area contributed by atoms with Crippen molar-refractivity contribution >= 4 is 11.4 Å². The van der Waals surface area contributed by atoms with Gasteiger partial charge in [0.15, 0.2) is 0 Å². The Morgan fingerprint density at radius 1 is 1.52 bits per heavy atom. The fourth-order valence-corrected chi connectivity index (χ4v) is 2.83. The van der Waals surface area contributed by atoms with Crippen LogP contribution in [0.4, 0.5) is 0 Å². The molecule has 0 bridgehead atoms. The average molecular weight is 316 g/mol. The van der Waals surface area contributed by atoms with E-state index in [1.54, 1.807) is 12.1 Å². The number of rotatable bonds is 5. The van der Waals surface area contributed by atoms with Gasteiger partial charge in [0.05, 0.1) is 12.6 Å². The van der Waals surface area contributed by atoms with Crippen molar-refractivity contribution in [3.05, 3.63) is 40.3 Å². The Balaban J connectivity index is 1.52. The van der Waals surface area contributed by atoms with Crippen LogP contribution in [0.3, 0.4) is 0 Å². The minimum absolute atomic E-state index is 0.0476. The van der Waals surface area contributed by atoms with Gasteiger partial charge in [0.1, 0.15) is 5.84 Å². The van der Waals surface area contributed by atoms with Gasteiger partial charge in [-0.2, -0.15) is 0 Å². The zero-order valence-corrected chi connectivity index (χ0v) is 13.5. The van der Waals surface area contributed by atoms with Gasteiger partial charge in [-0.3, -0.25) is 14.7 Å². The number of aliphatic imine (C=N–C) groups is 1. The van der Waals surface area contributed by atoms with Crippen LogP contribution in [0.1, 0.15) is 18.5 Å². The van der Waals surface area contributed by atoms with E-state index in [4.69, 9.17) is 4.74 Å². The van der Waals surface area contributed by atoms with Crippen molar-refractivity contribution in [2.75, 3.05) is 39.8 Å². The average Bonchev–Trinajstić information content (AvgIpc) is 2.53. The second-order valence-corrected chi connectivity index (χ2v) is 5.98. The maximum atomic E-state index is 11.4. The number of nitrogens with one attached hydrogen (secondary N) is 2. The van der Waals surface area contributed by atoms with E-state index >= 15 is 0 Å². The van der Waals surface area contributed by atoms with Crippen LogP contribution in [0, 0.1) is 0 Å². The van der Waals surface area contributed by atoms with Gasteiger partial charge in [-0.15, -0.1) is 0 Å². The van der Waals surface area contributed by atoms with Gasteiger partial charge in [-0.05, 0) is 24.5 Å². The Bertz CT molecular complexity index is 646. The van der Waals surface area contributed by atoms with Crippen LogP contribution >= 0.6 is 0 Å². The third-order valence-corrected chi connectivity index (χ3v) is 4.38. The van der Waals surface area contributed by atoms with Crippen LogP contribution in [0.25, 0.3) is 5.57 Å². The number of hydrogen-bond donors (Lipinski definition) is 2. The standard InChI is InChI=1S/C17H24N4O2/c1-18-16(19-11-14-7-10-23-14)12-21-8-5-13(6-9-21)15-3-2-4-17(22)20-15/h2-5,14H,6-12H2,1H3,(H,18,19)(H,20,22)/t14-/m0/s1. The van der Waals surface area contributed by atoms with E-state index in [-0.39, 0.29) is 5.56 Å². The highest BCUT2D eigenvalue weighted by Crippen LogP contribution is 2.19. The van der Waals surface area contributed by atoms with E-state index in [9.17, 15) is 4.79 Å². The maximum absolute atomic E-state index is 11.4. The van der Waals surface area contributed by atoms with Crippen LogP contribution in [0.2, 0.25) is 0 Å². The fourth-order valence-electron chi connectivity index (χ4n) is 2.83. The van der Waals surface area contributed by atoms with Crippen molar-refractivity contribution in [2.24, 2.45) is 4.99 Å². The number of aromatic amines is 1. The molecule has 1 fully saturated rings. The summed E-state index contributed by atoms with van der Waals surface area (Å²) in [6, 6.07) is 5.30. The predicted molar refractivity (Wildman–Crippen MR) is 91.8 cm³/mol. The topological polar surface area (TPSA) is 69.7 Å². The van der Waals surface area contributed by atoms with E-state index in [1.165, 1.54) is 5.57 Å². The lowest BCUT2D eigenvalue weighted by molar-refractivity contribution is -0.0460. The second kappa shape index (κ2) is 7.57. The first kappa shape index (κ1) is 16.0. The van der Waals surface area contributed by atoms with Gasteiger partial charge >= 0.3 is 0 Å².